The van der Waals surface area contributed by atoms with Crippen LogP contribution < -0.4 is 11.1 Å². The first kappa shape index (κ1) is 16.9. The first-order chi connectivity index (χ1) is 7.98. The Morgan fingerprint density at radius 1 is 1.28 bits per heavy atom. The Morgan fingerprint density at radius 2 is 1.83 bits per heavy atom. The number of carbonyl (C=O) groups is 1. The summed E-state index contributed by atoms with van der Waals surface area (Å²) in [7, 11) is 0. The number of nitrogens with two attached hydrogens (primary N) is 1. The topological polar surface area (TPSA) is 55.1 Å². The van der Waals surface area contributed by atoms with Gasteiger partial charge >= 0.3 is 0 Å². The Hall–Kier alpha value is -1.06. The molecule has 0 unspecified atom stereocenters. The average Bonchev–Trinajstić information content (AvgIpc) is 2.30. The zero-order chi connectivity index (χ0) is 12.9. The zero-order valence-corrected chi connectivity index (χ0v) is 12.1. The van der Waals surface area contributed by atoms with Crippen molar-refractivity contribution in [2.24, 2.45) is 5.73 Å². The fourth-order valence-corrected chi connectivity index (χ4v) is 1.54. The lowest BCUT2D eigenvalue weighted by Gasteiger charge is -2.24. The van der Waals surface area contributed by atoms with Crippen molar-refractivity contribution >= 4 is 18.3 Å². The van der Waals surface area contributed by atoms with Gasteiger partial charge in [0.2, 0.25) is 0 Å². The van der Waals surface area contributed by atoms with Crippen LogP contribution in [0.25, 0.3) is 0 Å². The smallest absolute Gasteiger partial charge is 0.251 e. The van der Waals surface area contributed by atoms with Gasteiger partial charge in [-0.15, -0.1) is 12.4 Å². The van der Waals surface area contributed by atoms with Gasteiger partial charge in [-0.1, -0.05) is 25.5 Å². The van der Waals surface area contributed by atoms with Crippen molar-refractivity contribution in [3.8, 4) is 0 Å². The van der Waals surface area contributed by atoms with Crippen LogP contribution in [-0.2, 0) is 6.42 Å². The summed E-state index contributed by atoms with van der Waals surface area (Å²) in [6.07, 6.45) is 2.17. The van der Waals surface area contributed by atoms with Gasteiger partial charge in [0.25, 0.3) is 5.91 Å². The van der Waals surface area contributed by atoms with E-state index in [-0.39, 0.29) is 23.9 Å². The number of rotatable bonds is 5. The van der Waals surface area contributed by atoms with Crippen molar-refractivity contribution in [1.29, 1.82) is 0 Å². The number of nitrogens with one attached hydrogen (secondary N) is 1. The summed E-state index contributed by atoms with van der Waals surface area (Å²) in [4.78, 5) is 11.9. The molecule has 0 spiro atoms. The van der Waals surface area contributed by atoms with E-state index in [1.54, 1.807) is 0 Å². The fourth-order valence-electron chi connectivity index (χ4n) is 1.54. The van der Waals surface area contributed by atoms with Crippen molar-refractivity contribution in [2.45, 2.75) is 39.2 Å². The zero-order valence-electron chi connectivity index (χ0n) is 11.3. The summed E-state index contributed by atoms with van der Waals surface area (Å²) in [5.74, 6) is -0.0662. The van der Waals surface area contributed by atoms with E-state index in [1.165, 1.54) is 5.56 Å². The molecule has 1 amide bonds. The molecule has 0 fully saturated rings. The Bertz CT molecular complexity index is 374. The van der Waals surface area contributed by atoms with E-state index in [4.69, 9.17) is 5.73 Å². The predicted octanol–water partition coefficient (Wildman–Crippen LogP) is 2.53. The van der Waals surface area contributed by atoms with Crippen LogP contribution in [0.2, 0.25) is 0 Å². The molecular formula is C14H23ClN2O. The fraction of sp³-hybridized carbons (Fsp3) is 0.500. The number of halogens is 1. The Morgan fingerprint density at radius 3 is 2.28 bits per heavy atom. The molecule has 0 aromatic heterocycles. The van der Waals surface area contributed by atoms with Gasteiger partial charge in [0.15, 0.2) is 0 Å². The average molecular weight is 271 g/mol. The molecule has 0 bridgehead atoms. The summed E-state index contributed by atoms with van der Waals surface area (Å²) < 4.78 is 0. The largest absolute Gasteiger partial charge is 0.346 e. The van der Waals surface area contributed by atoms with Crippen LogP contribution in [0.15, 0.2) is 24.3 Å². The van der Waals surface area contributed by atoms with E-state index >= 15 is 0 Å². The molecule has 0 saturated heterocycles. The Kier molecular flexibility index (Phi) is 6.96. The first-order valence-electron chi connectivity index (χ1n) is 6.10. The molecule has 4 heteroatoms. The highest BCUT2D eigenvalue weighted by atomic mass is 35.5. The molecule has 18 heavy (non-hydrogen) atoms. The van der Waals surface area contributed by atoms with Crippen molar-refractivity contribution in [3.63, 3.8) is 0 Å². The number of hydrogen-bond donors (Lipinski definition) is 2. The summed E-state index contributed by atoms with van der Waals surface area (Å²) in [6.45, 7) is 6.39. The number of amides is 1. The first-order valence-corrected chi connectivity index (χ1v) is 6.10. The minimum absolute atomic E-state index is 0. The van der Waals surface area contributed by atoms with E-state index in [2.05, 4.69) is 12.2 Å². The van der Waals surface area contributed by atoms with Crippen molar-refractivity contribution < 1.29 is 4.79 Å². The highest BCUT2D eigenvalue weighted by molar-refractivity contribution is 5.94. The van der Waals surface area contributed by atoms with Crippen LogP contribution in [0.3, 0.4) is 0 Å². The lowest BCUT2D eigenvalue weighted by atomic mass is 10.0. The maximum absolute atomic E-state index is 11.9. The molecule has 0 atom stereocenters. The molecule has 1 aromatic rings. The number of hydrogen-bond acceptors (Lipinski definition) is 2. The monoisotopic (exact) mass is 270 g/mol. The molecule has 1 aromatic carbocycles. The van der Waals surface area contributed by atoms with Crippen LogP contribution >= 0.6 is 12.4 Å². The number of carbonyl (C=O) groups excluding carboxylic acids is 1. The third-order valence-corrected chi connectivity index (χ3v) is 2.72. The lowest BCUT2D eigenvalue weighted by molar-refractivity contribution is 0.0915. The maximum atomic E-state index is 11.9. The van der Waals surface area contributed by atoms with Crippen LogP contribution in [0.4, 0.5) is 0 Å². The minimum atomic E-state index is -0.362. The van der Waals surface area contributed by atoms with Gasteiger partial charge in [0.1, 0.15) is 0 Å². The highest BCUT2D eigenvalue weighted by Gasteiger charge is 2.18. The second kappa shape index (κ2) is 7.39. The van der Waals surface area contributed by atoms with Gasteiger partial charge < -0.3 is 11.1 Å². The summed E-state index contributed by atoms with van der Waals surface area (Å²) in [6, 6.07) is 7.75. The Labute approximate surface area is 116 Å². The minimum Gasteiger partial charge on any atom is -0.346 e. The van der Waals surface area contributed by atoms with E-state index in [1.807, 2.05) is 38.1 Å². The van der Waals surface area contributed by atoms with Gasteiger partial charge in [-0.05, 0) is 38.0 Å². The summed E-state index contributed by atoms with van der Waals surface area (Å²) in [5, 5.41) is 2.91. The third-order valence-electron chi connectivity index (χ3n) is 2.72. The SMILES string of the molecule is CCCc1ccc(C(=O)NC(C)(C)CN)cc1.Cl. The molecule has 1 rings (SSSR count). The molecule has 0 saturated carbocycles. The number of aryl methyl sites for hydroxylation is 1. The molecule has 102 valence electrons. The lowest BCUT2D eigenvalue weighted by Crippen LogP contribution is -2.48. The third kappa shape index (κ3) is 5.07. The van der Waals surface area contributed by atoms with Crippen LogP contribution in [0.1, 0.15) is 43.1 Å². The molecule has 0 heterocycles. The maximum Gasteiger partial charge on any atom is 0.251 e. The molecule has 0 aliphatic rings. The molecule has 0 aliphatic heterocycles. The number of benzene rings is 1. The quantitative estimate of drug-likeness (QED) is 0.864. The molecule has 0 radical (unpaired) electrons. The summed E-state index contributed by atoms with van der Waals surface area (Å²) in [5.41, 5.74) is 7.17. The molecule has 3 nitrogen and oxygen atoms in total. The van der Waals surface area contributed by atoms with Crippen molar-refractivity contribution in [1.82, 2.24) is 5.32 Å². The van der Waals surface area contributed by atoms with Crippen molar-refractivity contribution in [3.05, 3.63) is 35.4 Å². The van der Waals surface area contributed by atoms with E-state index in [0.29, 0.717) is 12.1 Å². The molecular weight excluding hydrogens is 248 g/mol. The van der Waals surface area contributed by atoms with Gasteiger partial charge in [-0.25, -0.2) is 0 Å². The second-order valence-electron chi connectivity index (χ2n) is 4.99. The summed E-state index contributed by atoms with van der Waals surface area (Å²) >= 11 is 0. The molecule has 3 N–H and O–H groups in total. The van der Waals surface area contributed by atoms with Crippen molar-refractivity contribution in [2.75, 3.05) is 6.54 Å². The van der Waals surface area contributed by atoms with Gasteiger partial charge in [-0.2, -0.15) is 0 Å². The normalized spacial score (nSPS) is 10.7. The molecule has 0 aliphatic carbocycles. The predicted molar refractivity (Wildman–Crippen MR) is 78.3 cm³/mol. The van der Waals surface area contributed by atoms with E-state index in [0.717, 1.165) is 12.8 Å². The Balaban J connectivity index is 0.00000289. The second-order valence-corrected chi connectivity index (χ2v) is 4.99. The van der Waals surface area contributed by atoms with Crippen LogP contribution in [0, 0.1) is 0 Å². The highest BCUT2D eigenvalue weighted by Crippen LogP contribution is 2.08. The van der Waals surface area contributed by atoms with Gasteiger partial charge in [-0.3, -0.25) is 4.79 Å². The standard InChI is InChI=1S/C14H22N2O.ClH/c1-4-5-11-6-8-12(9-7-11)13(17)16-14(2,3)10-15;/h6-9H,4-5,10,15H2,1-3H3,(H,16,17);1H. The van der Waals surface area contributed by atoms with Gasteiger partial charge in [0.05, 0.1) is 0 Å². The van der Waals surface area contributed by atoms with Crippen LogP contribution in [-0.4, -0.2) is 18.0 Å². The van der Waals surface area contributed by atoms with Gasteiger partial charge in [0, 0.05) is 17.6 Å². The van der Waals surface area contributed by atoms with E-state index < -0.39 is 0 Å². The van der Waals surface area contributed by atoms with E-state index in [9.17, 15) is 4.79 Å². The van der Waals surface area contributed by atoms with Crippen LogP contribution in [0.5, 0.6) is 0 Å².